The van der Waals surface area contributed by atoms with E-state index in [1.54, 1.807) is 23.9 Å². The average Bonchev–Trinajstić information content (AvgIpc) is 2.73. The third kappa shape index (κ3) is 5.88. The predicted octanol–water partition coefficient (Wildman–Crippen LogP) is 4.30. The summed E-state index contributed by atoms with van der Waals surface area (Å²) in [5.41, 5.74) is 3.86. The first-order valence-corrected chi connectivity index (χ1v) is 10.8. The summed E-state index contributed by atoms with van der Waals surface area (Å²) in [6, 6.07) is 15.6. The number of carbonyl (C=O) groups excluding carboxylic acids is 1. The number of nitrogens with one attached hydrogen (secondary N) is 1. The van der Waals surface area contributed by atoms with E-state index in [-0.39, 0.29) is 11.7 Å². The van der Waals surface area contributed by atoms with Gasteiger partial charge in [-0.25, -0.2) is 0 Å². The van der Waals surface area contributed by atoms with E-state index in [0.717, 1.165) is 36.6 Å². The van der Waals surface area contributed by atoms with Gasteiger partial charge in [-0.3, -0.25) is 4.79 Å². The molecule has 0 aromatic heterocycles. The summed E-state index contributed by atoms with van der Waals surface area (Å²) in [5, 5.41) is 12.7. The quantitative estimate of drug-likeness (QED) is 0.516. The molecular formula is C23H28N2O2S. The topological polar surface area (TPSA) is 52.6 Å². The first kappa shape index (κ1) is 20.5. The highest BCUT2D eigenvalue weighted by atomic mass is 32.2. The molecule has 0 atom stereocenters. The Morgan fingerprint density at radius 1 is 1.18 bits per heavy atom. The van der Waals surface area contributed by atoms with Crippen LogP contribution in [0.2, 0.25) is 0 Å². The van der Waals surface area contributed by atoms with Gasteiger partial charge in [0.05, 0.1) is 0 Å². The minimum absolute atomic E-state index is 0.181. The van der Waals surface area contributed by atoms with E-state index >= 15 is 0 Å². The Labute approximate surface area is 171 Å². The van der Waals surface area contributed by atoms with Gasteiger partial charge in [0.15, 0.2) is 0 Å². The van der Waals surface area contributed by atoms with Crippen LogP contribution in [0.5, 0.6) is 5.75 Å². The lowest BCUT2D eigenvalue weighted by atomic mass is 9.95. The molecule has 5 heteroatoms. The second-order valence-electron chi connectivity index (χ2n) is 7.04. The molecule has 2 N–H and O–H groups in total. The van der Waals surface area contributed by atoms with Gasteiger partial charge < -0.3 is 15.3 Å². The molecule has 1 aliphatic heterocycles. The van der Waals surface area contributed by atoms with Crippen molar-refractivity contribution in [3.63, 3.8) is 0 Å². The number of carbonyl (C=O) groups is 1. The summed E-state index contributed by atoms with van der Waals surface area (Å²) in [5.74, 6) is 1.35. The standard InChI is InChI=1S/C23H28N2O2S/c1-25(23(27)7-4-16-28-21-10-8-20(26)9-11-21)17-19-5-2-3-6-22(19)18-12-14-24-15-13-18/h2-3,5-6,8-12,24,26H,4,7,13-17H2,1H3. The first-order chi connectivity index (χ1) is 13.6. The highest BCUT2D eigenvalue weighted by Crippen LogP contribution is 2.25. The van der Waals surface area contributed by atoms with E-state index in [0.29, 0.717) is 13.0 Å². The molecule has 0 spiro atoms. The van der Waals surface area contributed by atoms with E-state index in [4.69, 9.17) is 0 Å². The van der Waals surface area contributed by atoms with E-state index in [1.165, 1.54) is 16.7 Å². The average molecular weight is 397 g/mol. The van der Waals surface area contributed by atoms with Gasteiger partial charge in [0, 0.05) is 31.5 Å². The van der Waals surface area contributed by atoms with Gasteiger partial charge in [-0.1, -0.05) is 30.3 Å². The van der Waals surface area contributed by atoms with Crippen molar-refractivity contribution in [2.75, 3.05) is 25.9 Å². The molecule has 1 amide bonds. The molecule has 1 aliphatic rings. The van der Waals surface area contributed by atoms with Crippen molar-refractivity contribution in [2.45, 2.75) is 30.7 Å². The van der Waals surface area contributed by atoms with Gasteiger partial charge in [-0.05, 0) is 66.1 Å². The van der Waals surface area contributed by atoms with Crippen LogP contribution in [-0.2, 0) is 11.3 Å². The van der Waals surface area contributed by atoms with Crippen LogP contribution >= 0.6 is 11.8 Å². The molecule has 0 radical (unpaired) electrons. The largest absolute Gasteiger partial charge is 0.508 e. The fourth-order valence-corrected chi connectivity index (χ4v) is 4.18. The minimum atomic E-state index is 0.181. The fraction of sp³-hybridized carbons (Fsp3) is 0.348. The van der Waals surface area contributed by atoms with Crippen molar-refractivity contribution in [1.82, 2.24) is 10.2 Å². The second kappa shape index (κ2) is 10.3. The lowest BCUT2D eigenvalue weighted by Gasteiger charge is -2.22. The smallest absolute Gasteiger partial charge is 0.222 e. The summed E-state index contributed by atoms with van der Waals surface area (Å²) < 4.78 is 0. The van der Waals surface area contributed by atoms with Gasteiger partial charge in [0.1, 0.15) is 5.75 Å². The maximum Gasteiger partial charge on any atom is 0.222 e. The van der Waals surface area contributed by atoms with Crippen LogP contribution in [0.25, 0.3) is 5.57 Å². The predicted molar refractivity (Wildman–Crippen MR) is 116 cm³/mol. The number of phenols is 1. The molecule has 1 heterocycles. The molecule has 0 saturated carbocycles. The Balaban J connectivity index is 1.49. The van der Waals surface area contributed by atoms with Crippen molar-refractivity contribution >= 4 is 23.2 Å². The fourth-order valence-electron chi connectivity index (χ4n) is 3.33. The SMILES string of the molecule is CN(Cc1ccccc1C1=CCNCC1)C(=O)CCCSc1ccc(O)cc1. The Hall–Kier alpha value is -2.24. The number of phenolic OH excluding ortho intramolecular Hbond substituents is 1. The molecule has 0 aliphatic carbocycles. The van der Waals surface area contributed by atoms with E-state index in [1.807, 2.05) is 30.1 Å². The number of rotatable bonds is 8. The molecule has 4 nitrogen and oxygen atoms in total. The van der Waals surface area contributed by atoms with Crippen molar-refractivity contribution in [1.29, 1.82) is 0 Å². The number of thioether (sulfide) groups is 1. The molecule has 0 unspecified atom stereocenters. The van der Waals surface area contributed by atoms with Crippen molar-refractivity contribution in [3.8, 4) is 5.75 Å². The van der Waals surface area contributed by atoms with Crippen molar-refractivity contribution in [3.05, 3.63) is 65.7 Å². The van der Waals surface area contributed by atoms with E-state index in [9.17, 15) is 9.90 Å². The maximum absolute atomic E-state index is 12.5. The van der Waals surface area contributed by atoms with E-state index in [2.05, 4.69) is 29.6 Å². The third-order valence-corrected chi connectivity index (χ3v) is 6.00. The molecular weight excluding hydrogens is 368 g/mol. The second-order valence-corrected chi connectivity index (χ2v) is 8.20. The molecule has 0 fully saturated rings. The molecule has 0 saturated heterocycles. The maximum atomic E-state index is 12.5. The van der Waals surface area contributed by atoms with Gasteiger partial charge in [-0.15, -0.1) is 11.8 Å². The van der Waals surface area contributed by atoms with Crippen molar-refractivity contribution in [2.24, 2.45) is 0 Å². The lowest BCUT2D eigenvalue weighted by molar-refractivity contribution is -0.130. The summed E-state index contributed by atoms with van der Waals surface area (Å²) in [7, 11) is 1.89. The third-order valence-electron chi connectivity index (χ3n) is 4.90. The molecule has 148 valence electrons. The summed E-state index contributed by atoms with van der Waals surface area (Å²) in [4.78, 5) is 15.5. The number of nitrogens with zero attached hydrogens (tertiary/aromatic N) is 1. The van der Waals surface area contributed by atoms with Crippen LogP contribution < -0.4 is 5.32 Å². The van der Waals surface area contributed by atoms with Gasteiger partial charge in [0.25, 0.3) is 0 Å². The van der Waals surface area contributed by atoms with E-state index < -0.39 is 0 Å². The number of benzene rings is 2. The van der Waals surface area contributed by atoms with Gasteiger partial charge in [-0.2, -0.15) is 0 Å². The van der Waals surface area contributed by atoms with Crippen LogP contribution in [0.1, 0.15) is 30.4 Å². The summed E-state index contributed by atoms with van der Waals surface area (Å²) in [6.45, 7) is 2.57. The Morgan fingerprint density at radius 3 is 2.71 bits per heavy atom. The normalized spacial score (nSPS) is 13.8. The van der Waals surface area contributed by atoms with Crippen LogP contribution in [-0.4, -0.2) is 41.8 Å². The number of aromatic hydroxyl groups is 1. The Kier molecular flexibility index (Phi) is 7.57. The molecule has 2 aromatic rings. The minimum Gasteiger partial charge on any atom is -0.508 e. The Bertz CT molecular complexity index is 818. The highest BCUT2D eigenvalue weighted by Gasteiger charge is 2.14. The molecule has 3 rings (SSSR count). The monoisotopic (exact) mass is 396 g/mol. The molecule has 28 heavy (non-hydrogen) atoms. The van der Waals surface area contributed by atoms with Crippen LogP contribution in [0.3, 0.4) is 0 Å². The Morgan fingerprint density at radius 2 is 1.96 bits per heavy atom. The number of hydrogen-bond donors (Lipinski definition) is 2. The lowest BCUT2D eigenvalue weighted by Crippen LogP contribution is -2.27. The van der Waals surface area contributed by atoms with Crippen LogP contribution in [0.4, 0.5) is 0 Å². The van der Waals surface area contributed by atoms with Gasteiger partial charge in [0.2, 0.25) is 5.91 Å². The number of hydrogen-bond acceptors (Lipinski definition) is 4. The molecule has 2 aromatic carbocycles. The highest BCUT2D eigenvalue weighted by molar-refractivity contribution is 7.99. The number of amides is 1. The first-order valence-electron chi connectivity index (χ1n) is 9.77. The summed E-state index contributed by atoms with van der Waals surface area (Å²) >= 11 is 1.71. The summed E-state index contributed by atoms with van der Waals surface area (Å²) in [6.07, 6.45) is 4.68. The zero-order valence-electron chi connectivity index (χ0n) is 16.4. The zero-order chi connectivity index (χ0) is 19.8. The zero-order valence-corrected chi connectivity index (χ0v) is 17.2. The van der Waals surface area contributed by atoms with Crippen molar-refractivity contribution < 1.29 is 9.90 Å². The van der Waals surface area contributed by atoms with Crippen LogP contribution in [0, 0.1) is 0 Å². The molecule has 0 bridgehead atoms. The van der Waals surface area contributed by atoms with Crippen LogP contribution in [0.15, 0.2) is 59.5 Å². The van der Waals surface area contributed by atoms with Gasteiger partial charge >= 0.3 is 0 Å².